The van der Waals surface area contributed by atoms with Gasteiger partial charge in [-0.15, -0.1) is 0 Å². The molecule has 2 aromatic carbocycles. The molecule has 1 fully saturated rings. The van der Waals surface area contributed by atoms with Crippen LogP contribution in [-0.2, 0) is 4.79 Å². The summed E-state index contributed by atoms with van der Waals surface area (Å²) >= 11 is 0. The van der Waals surface area contributed by atoms with Gasteiger partial charge < -0.3 is 9.80 Å². The molecule has 1 aliphatic rings. The molecular formula is C19H16N6O2. The lowest BCUT2D eigenvalue weighted by Gasteiger charge is -2.39. The Morgan fingerprint density at radius 1 is 1.19 bits per heavy atom. The van der Waals surface area contributed by atoms with Crippen molar-refractivity contribution in [1.29, 1.82) is 5.26 Å². The van der Waals surface area contributed by atoms with E-state index in [-0.39, 0.29) is 24.4 Å². The van der Waals surface area contributed by atoms with Gasteiger partial charge >= 0.3 is 0 Å². The largest absolute Gasteiger partial charge is 0.325 e. The van der Waals surface area contributed by atoms with E-state index in [1.165, 1.54) is 0 Å². The van der Waals surface area contributed by atoms with Gasteiger partial charge in [0, 0.05) is 23.8 Å². The molecule has 1 saturated heterocycles. The molecule has 0 spiro atoms. The Morgan fingerprint density at radius 3 is 2.67 bits per heavy atom. The average Bonchev–Trinajstić information content (AvgIpc) is 3.17. The molecule has 0 unspecified atom stereocenters. The molecule has 4 rings (SSSR count). The topological polar surface area (TPSA) is 106 Å². The van der Waals surface area contributed by atoms with Gasteiger partial charge in [-0.1, -0.05) is 0 Å². The minimum atomic E-state index is -0.208. The molecule has 1 atom stereocenters. The lowest BCUT2D eigenvalue weighted by Crippen LogP contribution is -2.57. The second-order valence-electron chi connectivity index (χ2n) is 6.47. The summed E-state index contributed by atoms with van der Waals surface area (Å²) in [6.07, 6.45) is 0. The molecule has 0 radical (unpaired) electrons. The Bertz CT molecular complexity index is 1070. The maximum Gasteiger partial charge on any atom is 0.254 e. The van der Waals surface area contributed by atoms with E-state index in [4.69, 9.17) is 5.26 Å². The van der Waals surface area contributed by atoms with Crippen LogP contribution in [-0.4, -0.2) is 51.3 Å². The van der Waals surface area contributed by atoms with Crippen molar-refractivity contribution in [3.8, 4) is 6.07 Å². The van der Waals surface area contributed by atoms with Gasteiger partial charge in [-0.25, -0.2) is 0 Å². The van der Waals surface area contributed by atoms with Gasteiger partial charge in [-0.05, 0) is 49.4 Å². The van der Waals surface area contributed by atoms with E-state index in [1.807, 2.05) is 6.92 Å². The summed E-state index contributed by atoms with van der Waals surface area (Å²) in [4.78, 5) is 28.8. The van der Waals surface area contributed by atoms with E-state index in [0.717, 1.165) is 5.69 Å². The number of carbonyl (C=O) groups excluding carboxylic acids is 2. The van der Waals surface area contributed by atoms with Gasteiger partial charge in [0.2, 0.25) is 5.91 Å². The molecule has 8 heteroatoms. The molecule has 3 aromatic rings. The number of H-pyrrole nitrogens is 1. The van der Waals surface area contributed by atoms with E-state index in [1.54, 1.807) is 52.3 Å². The van der Waals surface area contributed by atoms with Crippen LogP contribution in [0.4, 0.5) is 5.69 Å². The third-order valence-electron chi connectivity index (χ3n) is 4.72. The van der Waals surface area contributed by atoms with E-state index in [9.17, 15) is 9.59 Å². The molecule has 0 saturated carbocycles. The predicted molar refractivity (Wildman–Crippen MR) is 97.9 cm³/mol. The molecule has 0 bridgehead atoms. The maximum absolute atomic E-state index is 12.9. The van der Waals surface area contributed by atoms with Crippen LogP contribution >= 0.6 is 0 Å². The highest BCUT2D eigenvalue weighted by Crippen LogP contribution is 2.22. The van der Waals surface area contributed by atoms with Crippen molar-refractivity contribution in [2.24, 2.45) is 0 Å². The zero-order chi connectivity index (χ0) is 19.0. The monoisotopic (exact) mass is 360 g/mol. The Kier molecular flexibility index (Phi) is 4.05. The summed E-state index contributed by atoms with van der Waals surface area (Å²) in [6.45, 7) is 2.30. The molecular weight excluding hydrogens is 344 g/mol. The number of fused-ring (bicyclic) bond motifs is 1. The lowest BCUT2D eigenvalue weighted by atomic mass is 10.1. The van der Waals surface area contributed by atoms with Gasteiger partial charge in [0.1, 0.15) is 17.6 Å². The van der Waals surface area contributed by atoms with Crippen molar-refractivity contribution in [3.63, 3.8) is 0 Å². The second-order valence-corrected chi connectivity index (χ2v) is 6.47. The quantitative estimate of drug-likeness (QED) is 0.749. The van der Waals surface area contributed by atoms with Crippen LogP contribution < -0.4 is 4.90 Å². The fourth-order valence-electron chi connectivity index (χ4n) is 3.23. The SMILES string of the molecule is C[C@@H]1CN(c2ccc(C#N)cc2)C(=O)CN1C(=O)c1ccc2n[nH]nc2c1. The highest BCUT2D eigenvalue weighted by Gasteiger charge is 2.33. The van der Waals surface area contributed by atoms with Crippen molar-refractivity contribution in [1.82, 2.24) is 20.3 Å². The van der Waals surface area contributed by atoms with E-state index in [0.29, 0.717) is 28.7 Å². The molecule has 27 heavy (non-hydrogen) atoms. The van der Waals surface area contributed by atoms with E-state index >= 15 is 0 Å². The van der Waals surface area contributed by atoms with Crippen molar-refractivity contribution >= 4 is 28.5 Å². The van der Waals surface area contributed by atoms with Gasteiger partial charge in [-0.3, -0.25) is 9.59 Å². The first-order valence-corrected chi connectivity index (χ1v) is 8.49. The van der Waals surface area contributed by atoms with Crippen LogP contribution in [0.3, 0.4) is 0 Å². The van der Waals surface area contributed by atoms with Crippen molar-refractivity contribution < 1.29 is 9.59 Å². The third-order valence-corrected chi connectivity index (χ3v) is 4.72. The molecule has 134 valence electrons. The molecule has 2 heterocycles. The number of nitriles is 1. The van der Waals surface area contributed by atoms with E-state index < -0.39 is 0 Å². The number of piperazine rings is 1. The first-order chi connectivity index (χ1) is 13.1. The van der Waals surface area contributed by atoms with Crippen LogP contribution in [0.1, 0.15) is 22.8 Å². The first-order valence-electron chi connectivity index (χ1n) is 8.49. The van der Waals surface area contributed by atoms with Gasteiger partial charge in [0.05, 0.1) is 11.6 Å². The normalized spacial score (nSPS) is 17.2. The second kappa shape index (κ2) is 6.53. The van der Waals surface area contributed by atoms with Crippen molar-refractivity contribution in [3.05, 3.63) is 53.6 Å². The van der Waals surface area contributed by atoms with Gasteiger partial charge in [0.25, 0.3) is 5.91 Å². The smallest absolute Gasteiger partial charge is 0.254 e. The minimum Gasteiger partial charge on any atom is -0.325 e. The zero-order valence-electron chi connectivity index (χ0n) is 14.6. The third kappa shape index (κ3) is 3.00. The number of hydrogen-bond donors (Lipinski definition) is 1. The van der Waals surface area contributed by atoms with Crippen LogP contribution in [0.25, 0.3) is 11.0 Å². The number of hydrogen-bond acceptors (Lipinski definition) is 5. The highest BCUT2D eigenvalue weighted by atomic mass is 16.2. The van der Waals surface area contributed by atoms with E-state index in [2.05, 4.69) is 21.5 Å². The van der Waals surface area contributed by atoms with Crippen LogP contribution in [0.2, 0.25) is 0 Å². The Labute approximate surface area is 155 Å². The lowest BCUT2D eigenvalue weighted by molar-refractivity contribution is -0.121. The number of carbonyl (C=O) groups is 2. The number of aromatic nitrogens is 3. The van der Waals surface area contributed by atoms with Gasteiger partial charge in [0.15, 0.2) is 0 Å². The molecule has 0 aliphatic carbocycles. The van der Waals surface area contributed by atoms with Crippen molar-refractivity contribution in [2.45, 2.75) is 13.0 Å². The average molecular weight is 360 g/mol. The number of benzene rings is 2. The molecule has 1 aromatic heterocycles. The number of aromatic amines is 1. The molecule has 2 amide bonds. The summed E-state index contributed by atoms with van der Waals surface area (Å²) in [5.74, 6) is -0.367. The van der Waals surface area contributed by atoms with Gasteiger partial charge in [-0.2, -0.15) is 20.7 Å². The molecule has 8 nitrogen and oxygen atoms in total. The predicted octanol–water partition coefficient (Wildman–Crippen LogP) is 1.71. The van der Waals surface area contributed by atoms with Crippen molar-refractivity contribution in [2.75, 3.05) is 18.0 Å². The summed E-state index contributed by atoms with van der Waals surface area (Å²) in [5, 5.41) is 19.4. The number of amides is 2. The fraction of sp³-hybridized carbons (Fsp3) is 0.211. The Balaban J connectivity index is 1.55. The molecule has 1 N–H and O–H groups in total. The first kappa shape index (κ1) is 16.7. The number of nitrogens with zero attached hydrogens (tertiary/aromatic N) is 5. The van der Waals surface area contributed by atoms with Crippen LogP contribution in [0, 0.1) is 11.3 Å². The maximum atomic E-state index is 12.9. The number of anilines is 1. The summed E-state index contributed by atoms with van der Waals surface area (Å²) in [6, 6.07) is 13.9. The Morgan fingerprint density at radius 2 is 1.93 bits per heavy atom. The number of rotatable bonds is 2. The summed E-state index contributed by atoms with van der Waals surface area (Å²) in [7, 11) is 0. The fourth-order valence-corrected chi connectivity index (χ4v) is 3.23. The highest BCUT2D eigenvalue weighted by molar-refractivity contribution is 6.03. The Hall–Kier alpha value is -3.73. The number of nitrogens with one attached hydrogen (secondary N) is 1. The van der Waals surface area contributed by atoms with Crippen LogP contribution in [0.5, 0.6) is 0 Å². The molecule has 1 aliphatic heterocycles. The standard InChI is InChI=1S/C19H16N6O2/c1-12-10-25(15-5-2-13(9-20)3-6-15)18(26)11-24(12)19(27)14-4-7-16-17(8-14)22-23-21-16/h2-8,12H,10-11H2,1H3,(H,21,22,23)/t12-/m1/s1. The summed E-state index contributed by atoms with van der Waals surface area (Å²) in [5.41, 5.74) is 3.03. The summed E-state index contributed by atoms with van der Waals surface area (Å²) < 4.78 is 0. The minimum absolute atomic E-state index is 0.00312. The zero-order valence-corrected chi connectivity index (χ0v) is 14.6. The van der Waals surface area contributed by atoms with Crippen LogP contribution in [0.15, 0.2) is 42.5 Å².